The molecule has 0 aliphatic heterocycles. The molecule has 1 amide bonds. The van der Waals surface area contributed by atoms with Gasteiger partial charge in [0.05, 0.1) is 0 Å². The molecule has 1 heterocycles. The number of rotatable bonds is 7. The topological polar surface area (TPSA) is 68.0 Å². The minimum atomic E-state index is -0.352. The molecule has 1 aromatic heterocycles. The van der Waals surface area contributed by atoms with Gasteiger partial charge in [0.2, 0.25) is 17.6 Å². The lowest BCUT2D eigenvalue weighted by Crippen LogP contribution is -2.31. The van der Waals surface area contributed by atoms with Gasteiger partial charge in [0.25, 0.3) is 0 Å². The summed E-state index contributed by atoms with van der Waals surface area (Å²) in [6.07, 6.45) is 4.17. The number of halogens is 1. The van der Waals surface area contributed by atoms with Crippen LogP contribution in [0.15, 0.2) is 69.7 Å². The summed E-state index contributed by atoms with van der Waals surface area (Å²) in [5.74, 6) is 0.864. The maximum absolute atomic E-state index is 12.4. The van der Waals surface area contributed by atoms with E-state index in [4.69, 9.17) is 4.52 Å². The Morgan fingerprint density at radius 2 is 1.89 bits per heavy atom. The van der Waals surface area contributed by atoms with Gasteiger partial charge in [-0.15, -0.1) is 0 Å². The fraction of sp³-hybridized carbons (Fsp3) is 0.227. The van der Waals surface area contributed by atoms with Crippen LogP contribution >= 0.6 is 15.9 Å². The average Bonchev–Trinajstić information content (AvgIpc) is 3.21. The van der Waals surface area contributed by atoms with E-state index in [2.05, 4.69) is 45.2 Å². The highest BCUT2D eigenvalue weighted by molar-refractivity contribution is 9.10. The molecule has 2 atom stereocenters. The molecule has 0 fully saturated rings. The van der Waals surface area contributed by atoms with Crippen LogP contribution in [0.3, 0.4) is 0 Å². The third kappa shape index (κ3) is 5.16. The van der Waals surface area contributed by atoms with Crippen LogP contribution in [-0.4, -0.2) is 16.0 Å². The zero-order valence-electron chi connectivity index (χ0n) is 15.8. The van der Waals surface area contributed by atoms with E-state index in [9.17, 15) is 4.79 Å². The van der Waals surface area contributed by atoms with Crippen molar-refractivity contribution in [2.24, 2.45) is 5.92 Å². The molecule has 144 valence electrons. The molecule has 3 rings (SSSR count). The lowest BCUT2D eigenvalue weighted by Gasteiger charge is -2.19. The highest BCUT2D eigenvalue weighted by Crippen LogP contribution is 2.26. The zero-order chi connectivity index (χ0) is 19.9. The van der Waals surface area contributed by atoms with Crippen molar-refractivity contribution in [3.05, 3.63) is 76.6 Å². The lowest BCUT2D eigenvalue weighted by atomic mass is 9.99. The monoisotopic (exact) mass is 439 g/mol. The van der Waals surface area contributed by atoms with Gasteiger partial charge in [-0.1, -0.05) is 71.7 Å². The fourth-order valence-electron chi connectivity index (χ4n) is 2.70. The first-order chi connectivity index (χ1) is 13.6. The normalized spacial score (nSPS) is 13.4. The maximum Gasteiger partial charge on any atom is 0.249 e. The third-order valence-corrected chi connectivity index (χ3v) is 5.08. The molecule has 28 heavy (non-hydrogen) atoms. The second kappa shape index (κ2) is 9.46. The summed E-state index contributed by atoms with van der Waals surface area (Å²) >= 11 is 3.42. The van der Waals surface area contributed by atoms with E-state index in [1.807, 2.05) is 54.6 Å². The summed E-state index contributed by atoms with van der Waals surface area (Å²) in [6, 6.07) is 17.0. The minimum Gasteiger partial charge on any atom is -0.340 e. The largest absolute Gasteiger partial charge is 0.340 e. The number of carbonyl (C=O) groups is 1. The van der Waals surface area contributed by atoms with E-state index < -0.39 is 0 Å². The number of benzene rings is 2. The van der Waals surface area contributed by atoms with Gasteiger partial charge in [-0.25, -0.2) is 0 Å². The highest BCUT2D eigenvalue weighted by atomic mass is 79.9. The Hall–Kier alpha value is -2.73. The van der Waals surface area contributed by atoms with Crippen LogP contribution < -0.4 is 5.32 Å². The number of nitrogens with zero attached hydrogens (tertiary/aromatic N) is 2. The van der Waals surface area contributed by atoms with Crippen LogP contribution in [0, 0.1) is 5.92 Å². The van der Waals surface area contributed by atoms with Crippen molar-refractivity contribution in [1.29, 1.82) is 0 Å². The first kappa shape index (κ1) is 20.0. The molecule has 0 aliphatic carbocycles. The molecule has 5 nitrogen and oxygen atoms in total. The van der Waals surface area contributed by atoms with Gasteiger partial charge in [0, 0.05) is 16.1 Å². The first-order valence-electron chi connectivity index (χ1n) is 9.20. The van der Waals surface area contributed by atoms with Crippen molar-refractivity contribution in [3.63, 3.8) is 0 Å². The van der Waals surface area contributed by atoms with E-state index in [1.54, 1.807) is 6.08 Å². The Morgan fingerprint density at radius 3 is 2.57 bits per heavy atom. The molecule has 0 aliphatic rings. The molecular weight excluding hydrogens is 418 g/mol. The van der Waals surface area contributed by atoms with Gasteiger partial charge in [-0.05, 0) is 41.8 Å². The second-order valence-corrected chi connectivity index (χ2v) is 7.49. The van der Waals surface area contributed by atoms with Gasteiger partial charge in [-0.2, -0.15) is 4.98 Å². The first-order valence-corrected chi connectivity index (χ1v) is 9.99. The Balaban J connectivity index is 1.76. The summed E-state index contributed by atoms with van der Waals surface area (Å²) in [5.41, 5.74) is 1.82. The van der Waals surface area contributed by atoms with Gasteiger partial charge in [0.1, 0.15) is 6.04 Å². The number of carbonyl (C=O) groups excluding carboxylic acids is 1. The molecule has 0 saturated heterocycles. The van der Waals surface area contributed by atoms with E-state index in [1.165, 1.54) is 6.08 Å². The van der Waals surface area contributed by atoms with Crippen LogP contribution in [-0.2, 0) is 4.79 Å². The Bertz CT molecular complexity index is 936. The van der Waals surface area contributed by atoms with E-state index in [0.717, 1.165) is 22.0 Å². The van der Waals surface area contributed by atoms with Gasteiger partial charge in [0.15, 0.2) is 0 Å². The number of hydrogen-bond acceptors (Lipinski definition) is 4. The lowest BCUT2D eigenvalue weighted by molar-refractivity contribution is -0.117. The number of hydrogen-bond donors (Lipinski definition) is 1. The van der Waals surface area contributed by atoms with Crippen molar-refractivity contribution in [2.75, 3.05) is 0 Å². The predicted octanol–water partition coefficient (Wildman–Crippen LogP) is 5.42. The molecule has 0 radical (unpaired) electrons. The minimum absolute atomic E-state index is 0.146. The molecule has 2 aromatic carbocycles. The van der Waals surface area contributed by atoms with Crippen LogP contribution in [0.2, 0.25) is 0 Å². The van der Waals surface area contributed by atoms with Crippen LogP contribution in [0.5, 0.6) is 0 Å². The smallest absolute Gasteiger partial charge is 0.249 e. The van der Waals surface area contributed by atoms with Gasteiger partial charge in [-0.3, -0.25) is 4.79 Å². The number of amides is 1. The zero-order valence-corrected chi connectivity index (χ0v) is 17.4. The summed E-state index contributed by atoms with van der Waals surface area (Å²) in [7, 11) is 0. The molecule has 2 unspecified atom stereocenters. The van der Waals surface area contributed by atoms with Crippen LogP contribution in [0.25, 0.3) is 17.5 Å². The van der Waals surface area contributed by atoms with Crippen molar-refractivity contribution < 1.29 is 9.32 Å². The van der Waals surface area contributed by atoms with Gasteiger partial charge >= 0.3 is 0 Å². The van der Waals surface area contributed by atoms with Crippen molar-refractivity contribution in [2.45, 2.75) is 26.3 Å². The fourth-order valence-corrected chi connectivity index (χ4v) is 2.96. The summed E-state index contributed by atoms with van der Waals surface area (Å²) in [5, 5.41) is 7.08. The molecule has 0 saturated carbocycles. The molecule has 6 heteroatoms. The molecule has 1 N–H and O–H groups in total. The van der Waals surface area contributed by atoms with Crippen molar-refractivity contribution >= 4 is 27.9 Å². The number of aromatic nitrogens is 2. The summed E-state index contributed by atoms with van der Waals surface area (Å²) in [4.78, 5) is 17.0. The summed E-state index contributed by atoms with van der Waals surface area (Å²) in [6.45, 7) is 4.12. The van der Waals surface area contributed by atoms with Crippen LogP contribution in [0.4, 0.5) is 0 Å². The Labute approximate surface area is 173 Å². The predicted molar refractivity (Wildman–Crippen MR) is 113 cm³/mol. The molecule has 0 bridgehead atoms. The maximum atomic E-state index is 12.4. The Kier molecular flexibility index (Phi) is 6.76. The SMILES string of the molecule is CCC(C)C(NC(=O)/C=C/c1ccccc1)c1nc(-c2ccc(Br)cc2)no1. The van der Waals surface area contributed by atoms with E-state index >= 15 is 0 Å². The Morgan fingerprint density at radius 1 is 1.18 bits per heavy atom. The van der Waals surface area contributed by atoms with E-state index in [-0.39, 0.29) is 17.9 Å². The van der Waals surface area contributed by atoms with Gasteiger partial charge < -0.3 is 9.84 Å². The highest BCUT2D eigenvalue weighted by Gasteiger charge is 2.25. The third-order valence-electron chi connectivity index (χ3n) is 4.55. The van der Waals surface area contributed by atoms with Crippen molar-refractivity contribution in [3.8, 4) is 11.4 Å². The summed E-state index contributed by atoms with van der Waals surface area (Å²) < 4.78 is 6.47. The van der Waals surface area contributed by atoms with Crippen LogP contribution in [0.1, 0.15) is 37.8 Å². The molecular formula is C22H22BrN3O2. The average molecular weight is 440 g/mol. The number of nitrogens with one attached hydrogen (secondary N) is 1. The molecule has 3 aromatic rings. The quantitative estimate of drug-likeness (QED) is 0.499. The van der Waals surface area contributed by atoms with E-state index in [0.29, 0.717) is 11.7 Å². The van der Waals surface area contributed by atoms with Crippen molar-refractivity contribution in [1.82, 2.24) is 15.5 Å². The standard InChI is InChI=1S/C22H22BrN3O2/c1-3-15(2)20(24-19(27)14-9-16-7-5-4-6-8-16)22-25-21(26-28-22)17-10-12-18(23)13-11-17/h4-15,20H,3H2,1-2H3,(H,24,27)/b14-9+. The molecule has 0 spiro atoms. The second-order valence-electron chi connectivity index (χ2n) is 6.58.